The zero-order valence-corrected chi connectivity index (χ0v) is 9.12. The Bertz CT molecular complexity index is 217. The Morgan fingerprint density at radius 2 is 2.00 bits per heavy atom. The minimum Gasteiger partial charge on any atom is -0.335 e. The van der Waals surface area contributed by atoms with E-state index in [0.717, 1.165) is 19.0 Å². The molecule has 3 nitrogen and oxygen atoms in total. The van der Waals surface area contributed by atoms with Gasteiger partial charge < -0.3 is 10.2 Å². The highest BCUT2D eigenvalue weighted by Gasteiger charge is 2.33. The van der Waals surface area contributed by atoms with Crippen LogP contribution in [0.25, 0.3) is 0 Å². The normalized spacial score (nSPS) is 23.2. The Morgan fingerprint density at radius 1 is 1.36 bits per heavy atom. The van der Waals surface area contributed by atoms with Gasteiger partial charge in [0.1, 0.15) is 0 Å². The molecule has 0 aromatic carbocycles. The molecule has 2 rings (SSSR count). The SMILES string of the molecule is CC(C)C1CN(C(=O)NC2CCC2)C1. The minimum atomic E-state index is 0.159. The van der Waals surface area contributed by atoms with Crippen LogP contribution in [0, 0.1) is 11.8 Å². The van der Waals surface area contributed by atoms with Crippen LogP contribution < -0.4 is 5.32 Å². The summed E-state index contributed by atoms with van der Waals surface area (Å²) in [5.41, 5.74) is 0. The Balaban J connectivity index is 1.68. The number of carbonyl (C=O) groups is 1. The molecule has 1 aliphatic carbocycles. The molecule has 0 radical (unpaired) electrons. The second-order valence-electron chi connectivity index (χ2n) is 4.99. The highest BCUT2D eigenvalue weighted by molar-refractivity contribution is 5.75. The van der Waals surface area contributed by atoms with Gasteiger partial charge in [-0.2, -0.15) is 0 Å². The van der Waals surface area contributed by atoms with Crippen molar-refractivity contribution in [3.63, 3.8) is 0 Å². The molecule has 3 heteroatoms. The molecule has 0 unspecified atom stereocenters. The summed E-state index contributed by atoms with van der Waals surface area (Å²) in [6, 6.07) is 0.632. The van der Waals surface area contributed by atoms with Crippen molar-refractivity contribution >= 4 is 6.03 Å². The van der Waals surface area contributed by atoms with Crippen LogP contribution in [0.1, 0.15) is 33.1 Å². The fourth-order valence-electron chi connectivity index (χ4n) is 1.92. The first-order valence-corrected chi connectivity index (χ1v) is 5.72. The van der Waals surface area contributed by atoms with E-state index in [9.17, 15) is 4.79 Å². The number of hydrogen-bond donors (Lipinski definition) is 1. The fraction of sp³-hybridized carbons (Fsp3) is 0.909. The molecule has 14 heavy (non-hydrogen) atoms. The summed E-state index contributed by atoms with van der Waals surface area (Å²) in [5.74, 6) is 1.44. The lowest BCUT2D eigenvalue weighted by molar-refractivity contribution is 0.0898. The van der Waals surface area contributed by atoms with E-state index >= 15 is 0 Å². The number of hydrogen-bond acceptors (Lipinski definition) is 1. The van der Waals surface area contributed by atoms with Crippen molar-refractivity contribution < 1.29 is 4.79 Å². The maximum absolute atomic E-state index is 11.6. The van der Waals surface area contributed by atoms with Crippen LogP contribution in [0.5, 0.6) is 0 Å². The van der Waals surface area contributed by atoms with Crippen LogP contribution in [0.15, 0.2) is 0 Å². The largest absolute Gasteiger partial charge is 0.335 e. The second kappa shape index (κ2) is 3.79. The predicted octanol–water partition coefficient (Wildman–Crippen LogP) is 1.84. The van der Waals surface area contributed by atoms with E-state index in [2.05, 4.69) is 19.2 Å². The predicted molar refractivity (Wildman–Crippen MR) is 56.1 cm³/mol. The molecular formula is C11H20N2O. The first-order chi connectivity index (χ1) is 6.66. The van der Waals surface area contributed by atoms with Gasteiger partial charge in [0.15, 0.2) is 0 Å². The van der Waals surface area contributed by atoms with Crippen molar-refractivity contribution in [2.45, 2.75) is 39.2 Å². The number of rotatable bonds is 2. The molecule has 2 aliphatic rings. The molecule has 0 aromatic rings. The lowest BCUT2D eigenvalue weighted by Crippen LogP contribution is -2.57. The summed E-state index contributed by atoms with van der Waals surface area (Å²) in [4.78, 5) is 13.5. The average molecular weight is 196 g/mol. The number of likely N-dealkylation sites (tertiary alicyclic amines) is 1. The maximum Gasteiger partial charge on any atom is 0.317 e. The number of nitrogens with zero attached hydrogens (tertiary/aromatic N) is 1. The van der Waals surface area contributed by atoms with E-state index in [1.54, 1.807) is 0 Å². The Labute approximate surface area is 85.8 Å². The van der Waals surface area contributed by atoms with Crippen molar-refractivity contribution in [1.29, 1.82) is 0 Å². The van der Waals surface area contributed by atoms with E-state index in [1.165, 1.54) is 19.3 Å². The van der Waals surface area contributed by atoms with Crippen LogP contribution in [-0.2, 0) is 0 Å². The zero-order valence-electron chi connectivity index (χ0n) is 9.12. The molecule has 0 bridgehead atoms. The standard InChI is InChI=1S/C11H20N2O/c1-8(2)9-6-13(7-9)11(14)12-10-4-3-5-10/h8-10H,3-7H2,1-2H3,(H,12,14). The van der Waals surface area contributed by atoms with Gasteiger partial charge in [-0.15, -0.1) is 0 Å². The molecule has 2 fully saturated rings. The Morgan fingerprint density at radius 3 is 2.43 bits per heavy atom. The monoisotopic (exact) mass is 196 g/mol. The Hall–Kier alpha value is -0.730. The van der Waals surface area contributed by atoms with Gasteiger partial charge in [-0.1, -0.05) is 13.8 Å². The van der Waals surface area contributed by atoms with Gasteiger partial charge in [0, 0.05) is 19.1 Å². The summed E-state index contributed by atoms with van der Waals surface area (Å²) in [7, 11) is 0. The third kappa shape index (κ3) is 1.86. The lowest BCUT2D eigenvalue weighted by Gasteiger charge is -2.42. The number of nitrogens with one attached hydrogen (secondary N) is 1. The first kappa shape index (κ1) is 9.81. The molecule has 1 aliphatic heterocycles. The van der Waals surface area contributed by atoms with Gasteiger partial charge in [0.2, 0.25) is 0 Å². The van der Waals surface area contributed by atoms with Gasteiger partial charge in [0.05, 0.1) is 0 Å². The zero-order chi connectivity index (χ0) is 10.1. The Kier molecular flexibility index (Phi) is 2.66. The smallest absolute Gasteiger partial charge is 0.317 e. The quantitative estimate of drug-likeness (QED) is 0.718. The average Bonchev–Trinajstić information content (AvgIpc) is 1.93. The van der Waals surface area contributed by atoms with Crippen molar-refractivity contribution in [3.8, 4) is 0 Å². The molecule has 1 heterocycles. The van der Waals surface area contributed by atoms with Gasteiger partial charge in [-0.05, 0) is 31.1 Å². The summed E-state index contributed by atoms with van der Waals surface area (Å²) in [6.45, 7) is 6.37. The minimum absolute atomic E-state index is 0.159. The molecule has 1 saturated carbocycles. The van der Waals surface area contributed by atoms with Crippen molar-refractivity contribution in [3.05, 3.63) is 0 Å². The fourth-order valence-corrected chi connectivity index (χ4v) is 1.92. The van der Waals surface area contributed by atoms with Gasteiger partial charge >= 0.3 is 6.03 Å². The van der Waals surface area contributed by atoms with E-state index in [1.807, 2.05) is 4.90 Å². The molecule has 2 amide bonds. The molecular weight excluding hydrogens is 176 g/mol. The third-order valence-corrected chi connectivity index (χ3v) is 3.57. The summed E-state index contributed by atoms with van der Waals surface area (Å²) < 4.78 is 0. The molecule has 80 valence electrons. The summed E-state index contributed by atoms with van der Waals surface area (Å²) in [6.07, 6.45) is 3.62. The van der Waals surface area contributed by atoms with Crippen molar-refractivity contribution in [2.24, 2.45) is 11.8 Å². The van der Waals surface area contributed by atoms with Crippen LogP contribution >= 0.6 is 0 Å². The topological polar surface area (TPSA) is 32.3 Å². The molecule has 1 N–H and O–H groups in total. The highest BCUT2D eigenvalue weighted by Crippen LogP contribution is 2.24. The van der Waals surface area contributed by atoms with Crippen LogP contribution in [-0.4, -0.2) is 30.1 Å². The van der Waals surface area contributed by atoms with Crippen molar-refractivity contribution in [2.75, 3.05) is 13.1 Å². The summed E-state index contributed by atoms with van der Waals surface area (Å²) in [5, 5.41) is 3.06. The number of urea groups is 1. The number of amides is 2. The van der Waals surface area contributed by atoms with Crippen molar-refractivity contribution in [1.82, 2.24) is 10.2 Å². The van der Waals surface area contributed by atoms with E-state index in [4.69, 9.17) is 0 Å². The van der Waals surface area contributed by atoms with Gasteiger partial charge in [0.25, 0.3) is 0 Å². The molecule has 0 spiro atoms. The van der Waals surface area contributed by atoms with Gasteiger partial charge in [-0.3, -0.25) is 0 Å². The second-order valence-corrected chi connectivity index (χ2v) is 4.99. The number of carbonyl (C=O) groups excluding carboxylic acids is 1. The van der Waals surface area contributed by atoms with Crippen LogP contribution in [0.4, 0.5) is 4.79 Å². The molecule has 0 atom stereocenters. The lowest BCUT2D eigenvalue weighted by atomic mass is 9.88. The van der Waals surface area contributed by atoms with Crippen LogP contribution in [0.2, 0.25) is 0 Å². The highest BCUT2D eigenvalue weighted by atomic mass is 16.2. The summed E-state index contributed by atoms with van der Waals surface area (Å²) >= 11 is 0. The maximum atomic E-state index is 11.6. The van der Waals surface area contributed by atoms with Gasteiger partial charge in [-0.25, -0.2) is 4.79 Å². The molecule has 0 aromatic heterocycles. The third-order valence-electron chi connectivity index (χ3n) is 3.57. The van der Waals surface area contributed by atoms with Crippen LogP contribution in [0.3, 0.4) is 0 Å². The van der Waals surface area contributed by atoms with E-state index < -0.39 is 0 Å². The molecule has 1 saturated heterocycles. The van der Waals surface area contributed by atoms with E-state index in [-0.39, 0.29) is 6.03 Å². The first-order valence-electron chi connectivity index (χ1n) is 5.72. The van der Waals surface area contributed by atoms with E-state index in [0.29, 0.717) is 12.0 Å².